The van der Waals surface area contributed by atoms with E-state index in [-0.39, 0.29) is 0 Å². The molecule has 0 amide bonds. The third-order valence-electron chi connectivity index (χ3n) is 2.39. The zero-order chi connectivity index (χ0) is 9.10. The monoisotopic (exact) mass is 240 g/mol. The molecule has 0 saturated carbocycles. The summed E-state index contributed by atoms with van der Waals surface area (Å²) < 4.78 is 5.70. The summed E-state index contributed by atoms with van der Waals surface area (Å²) in [5.74, 6) is 0. The summed E-state index contributed by atoms with van der Waals surface area (Å²) >= 11 is 3.65. The quantitative estimate of drug-likeness (QED) is 0.685. The number of ether oxygens (including phenoxy) is 1. The maximum absolute atomic E-state index is 5.70. The molecule has 1 nitrogen and oxygen atoms in total. The molecule has 1 heterocycles. The van der Waals surface area contributed by atoms with Gasteiger partial charge in [-0.2, -0.15) is 0 Å². The topological polar surface area (TPSA) is 9.23 Å². The van der Waals surface area contributed by atoms with Crippen molar-refractivity contribution in [2.24, 2.45) is 0 Å². The first-order valence-electron chi connectivity index (χ1n) is 4.67. The molecule has 2 atom stereocenters. The number of halogens is 1. The lowest BCUT2D eigenvalue weighted by Gasteiger charge is -2.26. The van der Waals surface area contributed by atoms with Gasteiger partial charge < -0.3 is 4.74 Å². The van der Waals surface area contributed by atoms with E-state index >= 15 is 0 Å². The minimum Gasteiger partial charge on any atom is -0.373 e. The van der Waals surface area contributed by atoms with Crippen LogP contribution in [0.2, 0.25) is 0 Å². The fraction of sp³-hybridized carbons (Fsp3) is 0.455. The minimum absolute atomic E-state index is 0.291. The molecule has 0 spiro atoms. The van der Waals surface area contributed by atoms with E-state index in [0.717, 1.165) is 19.4 Å². The minimum atomic E-state index is 0.291. The summed E-state index contributed by atoms with van der Waals surface area (Å²) in [6.45, 7) is 0.871. The van der Waals surface area contributed by atoms with E-state index in [1.165, 1.54) is 5.56 Å². The van der Waals surface area contributed by atoms with Crippen molar-refractivity contribution in [3.05, 3.63) is 35.9 Å². The molecule has 2 rings (SSSR count). The predicted octanol–water partition coefficient (Wildman–Crippen LogP) is 3.30. The number of alkyl halides is 1. The number of benzene rings is 1. The van der Waals surface area contributed by atoms with Gasteiger partial charge in [-0.1, -0.05) is 46.3 Å². The van der Waals surface area contributed by atoms with E-state index in [2.05, 4.69) is 40.2 Å². The highest BCUT2D eigenvalue weighted by Gasteiger charge is 2.21. The molecule has 70 valence electrons. The molecule has 0 N–H and O–H groups in total. The van der Waals surface area contributed by atoms with Crippen LogP contribution in [0, 0.1) is 0 Å². The van der Waals surface area contributed by atoms with Crippen molar-refractivity contribution < 1.29 is 4.74 Å². The second-order valence-electron chi connectivity index (χ2n) is 3.39. The van der Waals surface area contributed by atoms with E-state index in [0.29, 0.717) is 10.9 Å². The van der Waals surface area contributed by atoms with E-state index in [9.17, 15) is 0 Å². The van der Waals surface area contributed by atoms with Gasteiger partial charge in [0.05, 0.1) is 6.10 Å². The fourth-order valence-electron chi connectivity index (χ4n) is 1.66. The first-order valence-corrected chi connectivity index (χ1v) is 5.58. The van der Waals surface area contributed by atoms with Gasteiger partial charge in [0.2, 0.25) is 0 Å². The second kappa shape index (κ2) is 4.25. The van der Waals surface area contributed by atoms with E-state index in [1.807, 2.05) is 6.07 Å². The van der Waals surface area contributed by atoms with E-state index in [4.69, 9.17) is 4.74 Å². The van der Waals surface area contributed by atoms with Crippen LogP contribution in [0.15, 0.2) is 30.3 Å². The molecule has 0 aliphatic carbocycles. The Bertz CT molecular complexity index is 260. The molecular weight excluding hydrogens is 228 g/mol. The molecule has 2 unspecified atom stereocenters. The Hall–Kier alpha value is -0.340. The molecule has 1 aromatic rings. The van der Waals surface area contributed by atoms with Crippen molar-refractivity contribution in [3.8, 4) is 0 Å². The maximum Gasteiger partial charge on any atom is 0.0835 e. The van der Waals surface area contributed by atoms with E-state index in [1.54, 1.807) is 0 Å². The first-order chi connectivity index (χ1) is 6.36. The smallest absolute Gasteiger partial charge is 0.0835 e. The summed E-state index contributed by atoms with van der Waals surface area (Å²) in [4.78, 5) is 0.617. The van der Waals surface area contributed by atoms with Crippen molar-refractivity contribution in [1.29, 1.82) is 0 Å². The Balaban J connectivity index is 2.08. The largest absolute Gasteiger partial charge is 0.373 e. The molecule has 1 aromatic carbocycles. The molecule has 2 heteroatoms. The third kappa shape index (κ3) is 2.32. The van der Waals surface area contributed by atoms with Crippen molar-refractivity contribution in [2.45, 2.75) is 23.8 Å². The van der Waals surface area contributed by atoms with Crippen LogP contribution in [0.3, 0.4) is 0 Å². The highest BCUT2D eigenvalue weighted by molar-refractivity contribution is 9.09. The van der Waals surface area contributed by atoms with Crippen LogP contribution < -0.4 is 0 Å². The first kappa shape index (κ1) is 9.22. The summed E-state index contributed by atoms with van der Waals surface area (Å²) in [5, 5.41) is 0. The number of hydrogen-bond donors (Lipinski definition) is 0. The van der Waals surface area contributed by atoms with Crippen LogP contribution in [0.4, 0.5) is 0 Å². The molecule has 0 aromatic heterocycles. The highest BCUT2D eigenvalue weighted by Crippen LogP contribution is 2.31. The van der Waals surface area contributed by atoms with Crippen LogP contribution in [-0.4, -0.2) is 11.4 Å². The van der Waals surface area contributed by atoms with Crippen molar-refractivity contribution in [1.82, 2.24) is 0 Å². The summed E-state index contributed by atoms with van der Waals surface area (Å²) in [6, 6.07) is 10.4. The molecule has 1 fully saturated rings. The second-order valence-corrected chi connectivity index (χ2v) is 4.69. The van der Waals surface area contributed by atoms with Gasteiger partial charge in [-0.25, -0.2) is 0 Å². The van der Waals surface area contributed by atoms with Crippen molar-refractivity contribution in [2.75, 3.05) is 6.61 Å². The van der Waals surface area contributed by atoms with Crippen molar-refractivity contribution >= 4 is 15.9 Å². The fourth-order valence-corrected chi connectivity index (χ4v) is 2.18. The summed E-state index contributed by atoms with van der Waals surface area (Å²) in [7, 11) is 0. The van der Waals surface area contributed by atoms with Crippen LogP contribution in [0.25, 0.3) is 0 Å². The molecule has 0 bridgehead atoms. The average molecular weight is 241 g/mol. The van der Waals surface area contributed by atoms with E-state index < -0.39 is 0 Å². The highest BCUT2D eigenvalue weighted by atomic mass is 79.9. The third-order valence-corrected chi connectivity index (χ3v) is 3.22. The van der Waals surface area contributed by atoms with Crippen LogP contribution in [-0.2, 0) is 4.74 Å². The zero-order valence-corrected chi connectivity index (χ0v) is 9.03. The SMILES string of the molecule is BrC1CCOC(c2ccccc2)C1. The number of rotatable bonds is 1. The Kier molecular flexibility index (Phi) is 3.01. The lowest BCUT2D eigenvalue weighted by molar-refractivity contribution is 0.0187. The number of hydrogen-bond acceptors (Lipinski definition) is 1. The summed E-state index contributed by atoms with van der Waals surface area (Å²) in [5.41, 5.74) is 1.30. The predicted molar refractivity (Wildman–Crippen MR) is 57.1 cm³/mol. The maximum atomic E-state index is 5.70. The average Bonchev–Trinajstić information content (AvgIpc) is 2.19. The van der Waals surface area contributed by atoms with Gasteiger partial charge in [-0.15, -0.1) is 0 Å². The van der Waals surface area contributed by atoms with Gasteiger partial charge in [-0.05, 0) is 18.4 Å². The Morgan fingerprint density at radius 2 is 2.00 bits per heavy atom. The zero-order valence-electron chi connectivity index (χ0n) is 7.45. The molecule has 0 radical (unpaired) electrons. The summed E-state index contributed by atoms with van der Waals surface area (Å²) in [6.07, 6.45) is 2.51. The van der Waals surface area contributed by atoms with Gasteiger partial charge in [0, 0.05) is 11.4 Å². The lowest BCUT2D eigenvalue weighted by Crippen LogP contribution is -2.19. The van der Waals surface area contributed by atoms with Gasteiger partial charge in [0.15, 0.2) is 0 Å². The molecular formula is C11H13BrO. The normalized spacial score (nSPS) is 28.7. The van der Waals surface area contributed by atoms with Gasteiger partial charge in [0.1, 0.15) is 0 Å². The molecule has 13 heavy (non-hydrogen) atoms. The molecule has 1 saturated heterocycles. The standard InChI is InChI=1S/C11H13BrO/c12-10-6-7-13-11(8-10)9-4-2-1-3-5-9/h1-5,10-11H,6-8H2. The molecule has 1 aliphatic heterocycles. The van der Waals surface area contributed by atoms with Crippen molar-refractivity contribution in [3.63, 3.8) is 0 Å². The Morgan fingerprint density at radius 3 is 2.69 bits per heavy atom. The molecule has 1 aliphatic rings. The van der Waals surface area contributed by atoms with Gasteiger partial charge >= 0.3 is 0 Å². The van der Waals surface area contributed by atoms with Gasteiger partial charge in [0.25, 0.3) is 0 Å². The van der Waals surface area contributed by atoms with Gasteiger partial charge in [-0.3, -0.25) is 0 Å². The Morgan fingerprint density at radius 1 is 1.23 bits per heavy atom. The lowest BCUT2D eigenvalue weighted by atomic mass is 10.0. The van der Waals surface area contributed by atoms with Crippen LogP contribution in [0.1, 0.15) is 24.5 Å². The Labute approximate surface area is 87.2 Å². The van der Waals surface area contributed by atoms with Crippen LogP contribution >= 0.6 is 15.9 Å². The van der Waals surface area contributed by atoms with Crippen LogP contribution in [0.5, 0.6) is 0 Å².